The molecule has 0 aliphatic carbocycles. The number of rotatable bonds is 9. The number of thioether (sulfide) groups is 1. The molecule has 27 heavy (non-hydrogen) atoms. The summed E-state index contributed by atoms with van der Waals surface area (Å²) in [6.07, 6.45) is -3.53. The second-order valence-corrected chi connectivity index (χ2v) is 6.06. The second kappa shape index (κ2) is 10.0. The van der Waals surface area contributed by atoms with Crippen molar-refractivity contribution in [1.82, 2.24) is 15.3 Å². The summed E-state index contributed by atoms with van der Waals surface area (Å²) in [5.41, 5.74) is -1.04. The monoisotopic (exact) mass is 401 g/mol. The zero-order valence-corrected chi connectivity index (χ0v) is 15.3. The Bertz CT molecular complexity index is 742. The fourth-order valence-corrected chi connectivity index (χ4v) is 2.57. The van der Waals surface area contributed by atoms with Crippen molar-refractivity contribution >= 4 is 17.7 Å². The van der Waals surface area contributed by atoms with Gasteiger partial charge in [-0.1, -0.05) is 11.8 Å². The van der Waals surface area contributed by atoms with Crippen LogP contribution in [0.25, 0.3) is 0 Å². The molecule has 146 valence electrons. The number of hydrogen-bond acceptors (Lipinski definition) is 6. The minimum atomic E-state index is -4.54. The van der Waals surface area contributed by atoms with E-state index in [0.29, 0.717) is 12.4 Å². The number of nitrogens with zero attached hydrogens (tertiary/aromatic N) is 2. The molecule has 0 aliphatic rings. The molecule has 0 fully saturated rings. The van der Waals surface area contributed by atoms with Gasteiger partial charge in [0.25, 0.3) is 0 Å². The highest BCUT2D eigenvalue weighted by Gasteiger charge is 2.32. The molecule has 0 unspecified atom stereocenters. The summed E-state index contributed by atoms with van der Waals surface area (Å²) in [5.74, 6) is 0.937. The number of amides is 1. The molecular weight excluding hydrogens is 383 g/mol. The van der Waals surface area contributed by atoms with E-state index in [4.69, 9.17) is 9.47 Å². The molecule has 6 nitrogen and oxygen atoms in total. The highest BCUT2D eigenvalue weighted by molar-refractivity contribution is 7.99. The van der Waals surface area contributed by atoms with Crippen molar-refractivity contribution in [3.8, 4) is 11.5 Å². The molecule has 2 aromatic rings. The van der Waals surface area contributed by atoms with Gasteiger partial charge in [0.15, 0.2) is 5.16 Å². The average Bonchev–Trinajstić information content (AvgIpc) is 2.65. The zero-order chi connectivity index (χ0) is 19.7. The standard InChI is InChI=1S/C17H18F3N3O3S/c1-2-25-12-3-5-13(6-4-12)26-10-9-21-15(24)11-27-16-22-8-7-14(23-16)17(18,19)20/h3-8H,2,9-11H2,1H3,(H,21,24). The Morgan fingerprint density at radius 1 is 1.15 bits per heavy atom. The van der Waals surface area contributed by atoms with E-state index in [1.807, 2.05) is 6.92 Å². The Hall–Kier alpha value is -2.49. The third-order valence-electron chi connectivity index (χ3n) is 3.08. The van der Waals surface area contributed by atoms with Gasteiger partial charge in [0.05, 0.1) is 18.9 Å². The predicted molar refractivity (Wildman–Crippen MR) is 93.9 cm³/mol. The summed E-state index contributed by atoms with van der Waals surface area (Å²) in [7, 11) is 0. The number of carbonyl (C=O) groups excluding carboxylic acids is 1. The number of carbonyl (C=O) groups is 1. The Kier molecular flexibility index (Phi) is 7.71. The number of ether oxygens (including phenoxy) is 2. The fourth-order valence-electron chi connectivity index (χ4n) is 1.91. The summed E-state index contributed by atoms with van der Waals surface area (Å²) in [5, 5.41) is 2.51. The van der Waals surface area contributed by atoms with Gasteiger partial charge >= 0.3 is 6.18 Å². The number of alkyl halides is 3. The lowest BCUT2D eigenvalue weighted by Crippen LogP contribution is -2.29. The Morgan fingerprint density at radius 3 is 2.44 bits per heavy atom. The summed E-state index contributed by atoms with van der Waals surface area (Å²) in [6, 6.07) is 7.86. The third-order valence-corrected chi connectivity index (χ3v) is 3.95. The van der Waals surface area contributed by atoms with E-state index >= 15 is 0 Å². The molecular formula is C17H18F3N3O3S. The van der Waals surface area contributed by atoms with Crippen LogP contribution in [0.1, 0.15) is 12.6 Å². The average molecular weight is 401 g/mol. The molecule has 0 aliphatic heterocycles. The van der Waals surface area contributed by atoms with E-state index in [0.717, 1.165) is 29.8 Å². The van der Waals surface area contributed by atoms with Gasteiger partial charge < -0.3 is 14.8 Å². The lowest BCUT2D eigenvalue weighted by Gasteiger charge is -2.09. The molecule has 0 radical (unpaired) electrons. The molecule has 2 rings (SSSR count). The van der Waals surface area contributed by atoms with Crippen molar-refractivity contribution in [2.45, 2.75) is 18.3 Å². The number of benzene rings is 1. The maximum atomic E-state index is 12.6. The number of halogens is 3. The highest BCUT2D eigenvalue weighted by atomic mass is 32.2. The van der Waals surface area contributed by atoms with Crippen molar-refractivity contribution in [3.63, 3.8) is 0 Å². The van der Waals surface area contributed by atoms with Crippen molar-refractivity contribution in [2.75, 3.05) is 25.5 Å². The lowest BCUT2D eigenvalue weighted by atomic mass is 10.3. The van der Waals surface area contributed by atoms with Gasteiger partial charge in [0.1, 0.15) is 23.8 Å². The van der Waals surface area contributed by atoms with Gasteiger partial charge in [0, 0.05) is 6.20 Å². The fraction of sp³-hybridized carbons (Fsp3) is 0.353. The van der Waals surface area contributed by atoms with Gasteiger partial charge in [-0.05, 0) is 37.3 Å². The van der Waals surface area contributed by atoms with Crippen LogP contribution in [-0.4, -0.2) is 41.4 Å². The summed E-state index contributed by atoms with van der Waals surface area (Å²) < 4.78 is 48.5. The first-order valence-electron chi connectivity index (χ1n) is 8.04. The van der Waals surface area contributed by atoms with Crippen LogP contribution in [0.3, 0.4) is 0 Å². The minimum Gasteiger partial charge on any atom is -0.494 e. The van der Waals surface area contributed by atoms with Gasteiger partial charge in [0.2, 0.25) is 5.91 Å². The molecule has 0 bridgehead atoms. The van der Waals surface area contributed by atoms with Crippen LogP contribution >= 0.6 is 11.8 Å². The van der Waals surface area contributed by atoms with E-state index in [-0.39, 0.29) is 30.0 Å². The summed E-state index contributed by atoms with van der Waals surface area (Å²) in [4.78, 5) is 18.8. The molecule has 1 aromatic heterocycles. The molecule has 0 atom stereocenters. The molecule has 0 saturated carbocycles. The van der Waals surface area contributed by atoms with Crippen LogP contribution in [0.15, 0.2) is 41.7 Å². The minimum absolute atomic E-state index is 0.0929. The first-order chi connectivity index (χ1) is 12.9. The molecule has 0 spiro atoms. The normalized spacial score (nSPS) is 11.1. The number of hydrogen-bond donors (Lipinski definition) is 1. The van der Waals surface area contributed by atoms with Crippen LogP contribution in [0.5, 0.6) is 11.5 Å². The summed E-state index contributed by atoms with van der Waals surface area (Å²) >= 11 is 0.830. The van der Waals surface area contributed by atoms with E-state index in [1.165, 1.54) is 0 Å². The van der Waals surface area contributed by atoms with E-state index in [9.17, 15) is 18.0 Å². The molecule has 1 heterocycles. The predicted octanol–water partition coefficient (Wildman–Crippen LogP) is 3.18. The van der Waals surface area contributed by atoms with E-state index in [1.54, 1.807) is 24.3 Å². The van der Waals surface area contributed by atoms with Crippen LogP contribution in [0.2, 0.25) is 0 Å². The quantitative estimate of drug-likeness (QED) is 0.395. The van der Waals surface area contributed by atoms with Crippen LogP contribution in [-0.2, 0) is 11.0 Å². The Morgan fingerprint density at radius 2 is 1.81 bits per heavy atom. The molecule has 1 aromatic carbocycles. The van der Waals surface area contributed by atoms with Gasteiger partial charge in [-0.15, -0.1) is 0 Å². The lowest BCUT2D eigenvalue weighted by molar-refractivity contribution is -0.141. The molecule has 10 heteroatoms. The highest BCUT2D eigenvalue weighted by Crippen LogP contribution is 2.28. The Labute approximate surface area is 158 Å². The third kappa shape index (κ3) is 7.33. The van der Waals surface area contributed by atoms with Crippen molar-refractivity contribution in [2.24, 2.45) is 0 Å². The van der Waals surface area contributed by atoms with Crippen molar-refractivity contribution in [3.05, 3.63) is 42.2 Å². The first-order valence-corrected chi connectivity index (χ1v) is 9.02. The maximum Gasteiger partial charge on any atom is 0.433 e. The number of aromatic nitrogens is 2. The van der Waals surface area contributed by atoms with Crippen molar-refractivity contribution < 1.29 is 27.4 Å². The molecule has 1 amide bonds. The smallest absolute Gasteiger partial charge is 0.433 e. The van der Waals surface area contributed by atoms with Crippen LogP contribution in [0, 0.1) is 0 Å². The first kappa shape index (κ1) is 20.8. The number of nitrogens with one attached hydrogen (secondary N) is 1. The zero-order valence-electron chi connectivity index (χ0n) is 14.5. The van der Waals surface area contributed by atoms with E-state index < -0.39 is 11.9 Å². The van der Waals surface area contributed by atoms with Crippen LogP contribution in [0.4, 0.5) is 13.2 Å². The van der Waals surface area contributed by atoms with Gasteiger partial charge in [-0.25, -0.2) is 9.97 Å². The maximum absolute atomic E-state index is 12.6. The topological polar surface area (TPSA) is 73.3 Å². The SMILES string of the molecule is CCOc1ccc(OCCNC(=O)CSc2nccc(C(F)(F)F)n2)cc1. The Balaban J connectivity index is 1.68. The van der Waals surface area contributed by atoms with Gasteiger partial charge in [-0.2, -0.15) is 13.2 Å². The van der Waals surface area contributed by atoms with Crippen molar-refractivity contribution in [1.29, 1.82) is 0 Å². The largest absolute Gasteiger partial charge is 0.494 e. The summed E-state index contributed by atoms with van der Waals surface area (Å²) in [6.45, 7) is 2.99. The van der Waals surface area contributed by atoms with Gasteiger partial charge in [-0.3, -0.25) is 4.79 Å². The molecule has 0 saturated heterocycles. The van der Waals surface area contributed by atoms with E-state index in [2.05, 4.69) is 15.3 Å². The molecule has 1 N–H and O–H groups in total. The second-order valence-electron chi connectivity index (χ2n) is 5.11. The van der Waals surface area contributed by atoms with Crippen LogP contribution < -0.4 is 14.8 Å².